The van der Waals surface area contributed by atoms with Crippen molar-refractivity contribution in [3.63, 3.8) is 0 Å². The van der Waals surface area contributed by atoms with Gasteiger partial charge in [-0.05, 0) is 37.3 Å². The van der Waals surface area contributed by atoms with Gasteiger partial charge in [0.25, 0.3) is 5.91 Å². The fourth-order valence-corrected chi connectivity index (χ4v) is 4.06. The lowest BCUT2D eigenvalue weighted by atomic mass is 9.73. The van der Waals surface area contributed by atoms with Gasteiger partial charge < -0.3 is 15.4 Å². The number of amides is 4. The van der Waals surface area contributed by atoms with Gasteiger partial charge in [-0.25, -0.2) is 4.79 Å². The first-order valence-electron chi connectivity index (χ1n) is 9.06. The summed E-state index contributed by atoms with van der Waals surface area (Å²) in [7, 11) is 1.47. The third-order valence-electron chi connectivity index (χ3n) is 5.56. The molecule has 0 unspecified atom stereocenters. The Labute approximate surface area is 163 Å². The number of hydrogen-bond acceptors (Lipinski definition) is 4. The molecule has 8 heteroatoms. The molecular weight excluding hydrogens is 370 g/mol. The quantitative estimate of drug-likeness (QED) is 0.769. The van der Waals surface area contributed by atoms with Crippen LogP contribution < -0.4 is 15.4 Å². The van der Waals surface area contributed by atoms with Gasteiger partial charge in [-0.1, -0.05) is 31.4 Å². The van der Waals surface area contributed by atoms with Crippen LogP contribution in [0.25, 0.3) is 0 Å². The molecule has 4 amide bonds. The summed E-state index contributed by atoms with van der Waals surface area (Å²) < 4.78 is 5.24. The van der Waals surface area contributed by atoms with Crippen molar-refractivity contribution in [2.24, 2.45) is 5.92 Å². The van der Waals surface area contributed by atoms with Crippen molar-refractivity contribution in [1.29, 1.82) is 0 Å². The van der Waals surface area contributed by atoms with Crippen LogP contribution in [0.2, 0.25) is 5.02 Å². The third kappa shape index (κ3) is 3.48. The summed E-state index contributed by atoms with van der Waals surface area (Å²) in [5, 5.41) is 6.07. The van der Waals surface area contributed by atoms with Crippen molar-refractivity contribution >= 4 is 35.1 Å². The molecule has 3 rings (SSSR count). The van der Waals surface area contributed by atoms with E-state index in [9.17, 15) is 14.4 Å². The van der Waals surface area contributed by atoms with E-state index in [4.69, 9.17) is 16.3 Å². The molecule has 1 saturated heterocycles. The summed E-state index contributed by atoms with van der Waals surface area (Å²) >= 11 is 6.07. The van der Waals surface area contributed by atoms with Gasteiger partial charge in [0.15, 0.2) is 0 Å². The van der Waals surface area contributed by atoms with Crippen LogP contribution in [0.1, 0.15) is 38.2 Å². The highest BCUT2D eigenvalue weighted by molar-refractivity contribution is 6.31. The van der Waals surface area contributed by atoms with E-state index in [0.29, 0.717) is 22.9 Å². The molecule has 0 radical (unpaired) electrons. The van der Waals surface area contributed by atoms with Gasteiger partial charge in [-0.2, -0.15) is 0 Å². The molecule has 2 aliphatic rings. The van der Waals surface area contributed by atoms with E-state index in [1.54, 1.807) is 12.1 Å². The minimum Gasteiger partial charge on any atom is -0.495 e. The minimum atomic E-state index is -0.871. The maximum atomic E-state index is 12.9. The van der Waals surface area contributed by atoms with Gasteiger partial charge in [-0.3, -0.25) is 14.5 Å². The third-order valence-corrected chi connectivity index (χ3v) is 5.97. The number of aryl methyl sites for hydroxylation is 1. The number of urea groups is 1. The Morgan fingerprint density at radius 1 is 1.41 bits per heavy atom. The first kappa shape index (κ1) is 19.5. The van der Waals surface area contributed by atoms with E-state index in [-0.39, 0.29) is 18.4 Å². The number of carbonyl (C=O) groups is 3. The van der Waals surface area contributed by atoms with E-state index in [2.05, 4.69) is 10.6 Å². The topological polar surface area (TPSA) is 87.7 Å². The number of halogens is 1. The van der Waals surface area contributed by atoms with Crippen LogP contribution in [-0.4, -0.2) is 41.9 Å². The van der Waals surface area contributed by atoms with Crippen LogP contribution in [0, 0.1) is 12.8 Å². The number of hydrogen-bond donors (Lipinski definition) is 2. The average Bonchev–Trinajstić information content (AvgIpc) is 2.85. The summed E-state index contributed by atoms with van der Waals surface area (Å²) in [6.07, 6.45) is 3.42. The maximum Gasteiger partial charge on any atom is 0.325 e. The first-order chi connectivity index (χ1) is 12.8. The normalized spacial score (nSPS) is 24.9. The molecule has 1 aromatic rings. The maximum absolute atomic E-state index is 12.9. The Hall–Kier alpha value is -2.28. The molecule has 1 aliphatic heterocycles. The molecule has 1 aliphatic carbocycles. The summed E-state index contributed by atoms with van der Waals surface area (Å²) in [6, 6.07) is 2.79. The predicted octanol–water partition coefficient (Wildman–Crippen LogP) is 3.10. The molecule has 2 atom stereocenters. The number of rotatable bonds is 4. The fraction of sp³-hybridized carbons (Fsp3) is 0.526. The fourth-order valence-electron chi connectivity index (χ4n) is 3.90. The van der Waals surface area contributed by atoms with Gasteiger partial charge >= 0.3 is 6.03 Å². The largest absolute Gasteiger partial charge is 0.495 e. The molecule has 1 aromatic carbocycles. The Morgan fingerprint density at radius 2 is 2.15 bits per heavy atom. The zero-order valence-electron chi connectivity index (χ0n) is 15.7. The second-order valence-electron chi connectivity index (χ2n) is 7.29. The molecule has 1 heterocycles. The Bertz CT molecular complexity index is 797. The van der Waals surface area contributed by atoms with Crippen LogP contribution in [0.4, 0.5) is 10.5 Å². The number of benzene rings is 1. The predicted molar refractivity (Wildman–Crippen MR) is 102 cm³/mol. The smallest absolute Gasteiger partial charge is 0.325 e. The Balaban J connectivity index is 1.74. The summed E-state index contributed by atoms with van der Waals surface area (Å²) in [5.74, 6) is -0.323. The number of imide groups is 1. The molecule has 2 N–H and O–H groups in total. The highest BCUT2D eigenvalue weighted by Crippen LogP contribution is 2.38. The van der Waals surface area contributed by atoms with Crippen LogP contribution in [0.15, 0.2) is 12.1 Å². The molecule has 146 valence electrons. The lowest BCUT2D eigenvalue weighted by Gasteiger charge is -2.36. The van der Waals surface area contributed by atoms with E-state index in [1.807, 2.05) is 13.8 Å². The molecule has 0 aromatic heterocycles. The lowest BCUT2D eigenvalue weighted by Crippen LogP contribution is -2.54. The second kappa shape index (κ2) is 7.38. The van der Waals surface area contributed by atoms with Crippen molar-refractivity contribution in [3.05, 3.63) is 22.7 Å². The number of ether oxygens (including phenoxy) is 1. The molecule has 1 spiro atoms. The average molecular weight is 394 g/mol. The first-order valence-corrected chi connectivity index (χ1v) is 9.44. The van der Waals surface area contributed by atoms with Crippen molar-refractivity contribution in [3.8, 4) is 5.75 Å². The van der Waals surface area contributed by atoms with Crippen LogP contribution >= 0.6 is 11.6 Å². The molecule has 0 bridgehead atoms. The molecular formula is C19H24ClN3O4. The van der Waals surface area contributed by atoms with Crippen molar-refractivity contribution in [2.45, 2.75) is 45.1 Å². The SMILES string of the molecule is COc1cc(Cl)c(C)cc1NC(=O)CN1C(=O)N[C@]2(CCCC[C@H]2C)C1=O. The number of methoxy groups -OCH3 is 1. The van der Waals surface area contributed by atoms with Crippen molar-refractivity contribution in [2.75, 3.05) is 19.0 Å². The molecule has 27 heavy (non-hydrogen) atoms. The lowest BCUT2D eigenvalue weighted by molar-refractivity contribution is -0.136. The van der Waals surface area contributed by atoms with Gasteiger partial charge in [0.2, 0.25) is 5.91 Å². The summed E-state index contributed by atoms with van der Waals surface area (Å²) in [5.41, 5.74) is 0.347. The summed E-state index contributed by atoms with van der Waals surface area (Å²) in [4.78, 5) is 38.8. The van der Waals surface area contributed by atoms with Gasteiger partial charge in [0, 0.05) is 11.1 Å². The van der Waals surface area contributed by atoms with E-state index in [1.165, 1.54) is 7.11 Å². The van der Waals surface area contributed by atoms with Crippen LogP contribution in [0.3, 0.4) is 0 Å². The standard InChI is InChI=1S/C19H24ClN3O4/c1-11-8-14(15(27-3)9-13(11)20)21-16(24)10-23-17(25)19(22-18(23)26)7-5-4-6-12(19)2/h8-9,12H,4-7,10H2,1-3H3,(H,21,24)(H,22,26)/t12-,19+/m1/s1. The Morgan fingerprint density at radius 3 is 2.81 bits per heavy atom. The van der Waals surface area contributed by atoms with E-state index in [0.717, 1.165) is 29.7 Å². The van der Waals surface area contributed by atoms with Crippen molar-refractivity contribution < 1.29 is 19.1 Å². The van der Waals surface area contributed by atoms with Gasteiger partial charge in [-0.15, -0.1) is 0 Å². The number of nitrogens with zero attached hydrogens (tertiary/aromatic N) is 1. The van der Waals surface area contributed by atoms with Crippen molar-refractivity contribution in [1.82, 2.24) is 10.2 Å². The highest BCUT2D eigenvalue weighted by atomic mass is 35.5. The number of anilines is 1. The summed E-state index contributed by atoms with van der Waals surface area (Å²) in [6.45, 7) is 3.44. The Kier molecular flexibility index (Phi) is 5.33. The monoisotopic (exact) mass is 393 g/mol. The van der Waals surface area contributed by atoms with Crippen LogP contribution in [0.5, 0.6) is 5.75 Å². The number of nitrogens with one attached hydrogen (secondary N) is 2. The van der Waals surface area contributed by atoms with Crippen LogP contribution in [-0.2, 0) is 9.59 Å². The van der Waals surface area contributed by atoms with Gasteiger partial charge in [0.1, 0.15) is 17.8 Å². The van der Waals surface area contributed by atoms with E-state index < -0.39 is 17.5 Å². The second-order valence-corrected chi connectivity index (χ2v) is 7.70. The molecule has 1 saturated carbocycles. The number of carbonyl (C=O) groups excluding carboxylic acids is 3. The molecule has 7 nitrogen and oxygen atoms in total. The zero-order chi connectivity index (χ0) is 19.8. The molecule has 2 fully saturated rings. The van der Waals surface area contributed by atoms with E-state index >= 15 is 0 Å². The van der Waals surface area contributed by atoms with Gasteiger partial charge in [0.05, 0.1) is 12.8 Å². The minimum absolute atomic E-state index is 0.0507. The zero-order valence-corrected chi connectivity index (χ0v) is 16.5. The highest BCUT2D eigenvalue weighted by Gasteiger charge is 2.55.